The molecule has 1 aliphatic heterocycles. The van der Waals surface area contributed by atoms with Crippen LogP contribution in [0.3, 0.4) is 0 Å². The Kier molecular flexibility index (Phi) is 5.72. The summed E-state index contributed by atoms with van der Waals surface area (Å²) >= 11 is 0. The van der Waals surface area contributed by atoms with Gasteiger partial charge in [0, 0.05) is 13.1 Å². The second kappa shape index (κ2) is 7.35. The monoisotopic (exact) mass is 299 g/mol. The van der Waals surface area contributed by atoms with Gasteiger partial charge in [0.15, 0.2) is 0 Å². The first-order valence-corrected chi connectivity index (χ1v) is 8.89. The molecule has 0 amide bonds. The highest BCUT2D eigenvalue weighted by molar-refractivity contribution is 5.29. The van der Waals surface area contributed by atoms with E-state index in [1.807, 2.05) is 0 Å². The molecule has 1 fully saturated rings. The van der Waals surface area contributed by atoms with Crippen molar-refractivity contribution in [1.82, 2.24) is 4.90 Å². The molecule has 1 unspecified atom stereocenters. The van der Waals surface area contributed by atoms with Crippen molar-refractivity contribution < 1.29 is 0 Å². The molecule has 1 aromatic rings. The van der Waals surface area contributed by atoms with Crippen LogP contribution in [-0.2, 0) is 11.8 Å². The lowest BCUT2D eigenvalue weighted by atomic mass is 9.86. The quantitative estimate of drug-likeness (QED) is 0.704. The lowest BCUT2D eigenvalue weighted by Crippen LogP contribution is -2.31. The maximum Gasteiger partial charge on any atom is 0.0200 e. The average Bonchev–Trinajstić information content (AvgIpc) is 2.47. The van der Waals surface area contributed by atoms with Crippen LogP contribution in [0.2, 0.25) is 0 Å². The molecule has 0 spiro atoms. The lowest BCUT2D eigenvalue weighted by Gasteiger charge is -2.32. The van der Waals surface area contributed by atoms with Gasteiger partial charge in [-0.1, -0.05) is 64.0 Å². The van der Waals surface area contributed by atoms with Crippen molar-refractivity contribution in [2.45, 2.75) is 65.7 Å². The largest absolute Gasteiger partial charge is 0.377 e. The third-order valence-electron chi connectivity index (χ3n) is 4.83. The summed E-state index contributed by atoms with van der Waals surface area (Å²) in [5.41, 5.74) is 4.55. The van der Waals surface area contributed by atoms with Crippen LogP contribution in [0, 0.1) is 5.92 Å². The normalized spacial score (nSPS) is 20.3. The Morgan fingerprint density at radius 3 is 2.50 bits per heavy atom. The number of nitrogens with zero attached hydrogens (tertiary/aromatic N) is 1. The molecule has 122 valence electrons. The molecule has 2 rings (SSSR count). The van der Waals surface area contributed by atoms with Crippen LogP contribution in [0.1, 0.15) is 65.0 Å². The zero-order valence-corrected chi connectivity index (χ0v) is 15.2. The third-order valence-corrected chi connectivity index (χ3v) is 4.83. The molecule has 1 aromatic carbocycles. The molecule has 0 aliphatic carbocycles. The maximum atomic E-state index is 2.54. The zero-order chi connectivity index (χ0) is 16.2. The Labute approximate surface area is 137 Å². The summed E-state index contributed by atoms with van der Waals surface area (Å²) in [6, 6.07) is 9.17. The van der Waals surface area contributed by atoms with Gasteiger partial charge in [-0.05, 0) is 54.8 Å². The molecule has 1 heterocycles. The van der Waals surface area contributed by atoms with Crippen molar-refractivity contribution in [2.75, 3.05) is 13.1 Å². The second-order valence-electron chi connectivity index (χ2n) is 8.01. The van der Waals surface area contributed by atoms with E-state index in [1.54, 1.807) is 0 Å². The molecule has 1 atom stereocenters. The van der Waals surface area contributed by atoms with Gasteiger partial charge < -0.3 is 4.90 Å². The number of piperidine rings is 1. The van der Waals surface area contributed by atoms with Crippen LogP contribution in [0.4, 0.5) is 0 Å². The number of likely N-dealkylation sites (tertiary alicyclic amines) is 1. The predicted octanol–water partition coefficient (Wildman–Crippen LogP) is 5.55. The van der Waals surface area contributed by atoms with E-state index in [2.05, 4.69) is 70.0 Å². The summed E-state index contributed by atoms with van der Waals surface area (Å²) in [6.07, 6.45) is 7.55. The average molecular weight is 300 g/mol. The minimum Gasteiger partial charge on any atom is -0.377 e. The number of hydrogen-bond acceptors (Lipinski definition) is 1. The van der Waals surface area contributed by atoms with E-state index in [1.165, 1.54) is 49.1 Å². The van der Waals surface area contributed by atoms with E-state index < -0.39 is 0 Å². The number of allylic oxidation sites excluding steroid dienone is 1. The van der Waals surface area contributed by atoms with Crippen molar-refractivity contribution in [3.05, 3.63) is 47.2 Å². The van der Waals surface area contributed by atoms with Gasteiger partial charge in [-0.2, -0.15) is 0 Å². The van der Waals surface area contributed by atoms with Gasteiger partial charge in [0.1, 0.15) is 0 Å². The highest BCUT2D eigenvalue weighted by atomic mass is 15.1. The van der Waals surface area contributed by atoms with Crippen LogP contribution in [0.15, 0.2) is 36.0 Å². The minimum atomic E-state index is 0.242. The molecule has 1 aliphatic rings. The van der Waals surface area contributed by atoms with Crippen LogP contribution in [0.5, 0.6) is 0 Å². The fraction of sp³-hybridized carbons (Fsp3) is 0.619. The summed E-state index contributed by atoms with van der Waals surface area (Å²) in [5.74, 6) is 0.892. The zero-order valence-electron chi connectivity index (χ0n) is 15.2. The Bertz CT molecular complexity index is 490. The van der Waals surface area contributed by atoms with E-state index in [0.717, 1.165) is 12.3 Å². The van der Waals surface area contributed by atoms with Gasteiger partial charge in [-0.15, -0.1) is 0 Å². The van der Waals surface area contributed by atoms with Crippen molar-refractivity contribution in [1.29, 1.82) is 0 Å². The highest BCUT2D eigenvalue weighted by Gasteiger charge is 2.16. The molecule has 0 N–H and O–H groups in total. The standard InChI is InChI=1S/C21H33N/c1-6-18-8-7-13-22(16-18)15-17(2)14-19-9-11-20(12-10-19)21(3,4)5/h9-12,15,18H,6-8,13-14,16H2,1-5H3. The van der Waals surface area contributed by atoms with Gasteiger partial charge in [0.2, 0.25) is 0 Å². The molecule has 1 nitrogen and oxygen atoms in total. The molecule has 22 heavy (non-hydrogen) atoms. The van der Waals surface area contributed by atoms with Crippen LogP contribution >= 0.6 is 0 Å². The SMILES string of the molecule is CCC1CCCN(C=C(C)Cc2ccc(C(C)(C)C)cc2)C1. The smallest absolute Gasteiger partial charge is 0.0200 e. The molecule has 0 radical (unpaired) electrons. The molecule has 0 saturated carbocycles. The second-order valence-corrected chi connectivity index (χ2v) is 8.01. The fourth-order valence-electron chi connectivity index (χ4n) is 3.35. The van der Waals surface area contributed by atoms with Gasteiger partial charge in [0.25, 0.3) is 0 Å². The van der Waals surface area contributed by atoms with E-state index in [4.69, 9.17) is 0 Å². The first-order valence-electron chi connectivity index (χ1n) is 8.89. The van der Waals surface area contributed by atoms with Crippen molar-refractivity contribution >= 4 is 0 Å². The third kappa shape index (κ3) is 4.90. The highest BCUT2D eigenvalue weighted by Crippen LogP contribution is 2.23. The first-order chi connectivity index (χ1) is 10.4. The van der Waals surface area contributed by atoms with Gasteiger partial charge >= 0.3 is 0 Å². The van der Waals surface area contributed by atoms with Crippen molar-refractivity contribution in [3.8, 4) is 0 Å². The molecule has 0 aromatic heterocycles. The Morgan fingerprint density at radius 2 is 1.91 bits per heavy atom. The lowest BCUT2D eigenvalue weighted by molar-refractivity contribution is 0.228. The number of benzene rings is 1. The Hall–Kier alpha value is -1.24. The maximum absolute atomic E-state index is 2.54. The number of rotatable bonds is 4. The Balaban J connectivity index is 1.96. The summed E-state index contributed by atoms with van der Waals surface area (Å²) in [6.45, 7) is 13.9. The molecule has 1 heteroatoms. The van der Waals surface area contributed by atoms with Gasteiger partial charge in [-0.3, -0.25) is 0 Å². The molecular formula is C21H33N. The topological polar surface area (TPSA) is 3.24 Å². The molecule has 1 saturated heterocycles. The van der Waals surface area contributed by atoms with Crippen LogP contribution < -0.4 is 0 Å². The first kappa shape index (κ1) is 17.1. The van der Waals surface area contributed by atoms with Gasteiger partial charge in [0.05, 0.1) is 0 Å². The van der Waals surface area contributed by atoms with E-state index in [0.29, 0.717) is 0 Å². The van der Waals surface area contributed by atoms with Crippen molar-refractivity contribution in [3.63, 3.8) is 0 Å². The van der Waals surface area contributed by atoms with E-state index in [-0.39, 0.29) is 5.41 Å². The van der Waals surface area contributed by atoms with E-state index >= 15 is 0 Å². The van der Waals surface area contributed by atoms with Crippen molar-refractivity contribution in [2.24, 2.45) is 5.92 Å². The minimum absolute atomic E-state index is 0.242. The summed E-state index contributed by atoms with van der Waals surface area (Å²) in [7, 11) is 0. The number of hydrogen-bond donors (Lipinski definition) is 0. The van der Waals surface area contributed by atoms with Crippen LogP contribution in [-0.4, -0.2) is 18.0 Å². The predicted molar refractivity (Wildman–Crippen MR) is 97.2 cm³/mol. The Morgan fingerprint density at radius 1 is 1.23 bits per heavy atom. The summed E-state index contributed by atoms with van der Waals surface area (Å²) < 4.78 is 0. The molecule has 0 bridgehead atoms. The fourth-order valence-corrected chi connectivity index (χ4v) is 3.35. The summed E-state index contributed by atoms with van der Waals surface area (Å²) in [4.78, 5) is 2.54. The van der Waals surface area contributed by atoms with Crippen LogP contribution in [0.25, 0.3) is 0 Å². The summed E-state index contributed by atoms with van der Waals surface area (Å²) in [5, 5.41) is 0. The molecular weight excluding hydrogens is 266 g/mol. The van der Waals surface area contributed by atoms with E-state index in [9.17, 15) is 0 Å². The van der Waals surface area contributed by atoms with Gasteiger partial charge in [-0.25, -0.2) is 0 Å².